The smallest absolute Gasteiger partial charge is 0.344 e. The molecular weight excluding hydrogens is 596 g/mol. The molecule has 0 saturated carbocycles. The van der Waals surface area contributed by atoms with Gasteiger partial charge in [-0.05, 0) is 30.7 Å². The van der Waals surface area contributed by atoms with Gasteiger partial charge in [0.15, 0.2) is 4.96 Å². The number of nitrogens with one attached hydrogen (secondary N) is 1. The molecule has 1 N–H and O–H groups in total. The summed E-state index contributed by atoms with van der Waals surface area (Å²) in [5.74, 6) is -2.62. The fourth-order valence-corrected chi connectivity index (χ4v) is 6.11. The number of nitro groups is 3. The van der Waals surface area contributed by atoms with Gasteiger partial charge in [-0.15, -0.1) is 0 Å². The highest BCUT2D eigenvalue weighted by atomic mass is 32.1. The van der Waals surface area contributed by atoms with Crippen molar-refractivity contribution in [2.24, 2.45) is 0 Å². The number of carbonyl (C=O) groups is 2. The van der Waals surface area contributed by atoms with Gasteiger partial charge in [-0.3, -0.25) is 44.3 Å². The molecule has 2 aromatic heterocycles. The number of rotatable bonds is 8. The van der Waals surface area contributed by atoms with Gasteiger partial charge in [-0.25, -0.2) is 13.8 Å². The standard InChI is InChI=1S/C25H19F2N7O8S/c1-12(28-21(35)8-13-6-14(26)9-15(27)7-13)24(36)30-5-4-18-20(11-30)43-25-29-17(10-31(18)25)16-2-3-19(32(37)38)23(34(41)42)22(16)33(39)40/h2-3,6-7,9-10,12H,4-5,8,11H2,1H3,(H,28,35)/t12-/m1/s1. The highest BCUT2D eigenvalue weighted by molar-refractivity contribution is 7.17. The maximum Gasteiger partial charge on any atom is 0.423 e. The molecule has 2 aromatic carbocycles. The van der Waals surface area contributed by atoms with Gasteiger partial charge in [0, 0.05) is 41.9 Å². The summed E-state index contributed by atoms with van der Waals surface area (Å²) >= 11 is 1.19. The molecule has 222 valence electrons. The van der Waals surface area contributed by atoms with Crippen molar-refractivity contribution in [1.29, 1.82) is 0 Å². The van der Waals surface area contributed by atoms with Crippen LogP contribution in [0.3, 0.4) is 0 Å². The predicted molar refractivity (Wildman–Crippen MR) is 145 cm³/mol. The minimum atomic E-state index is -1.25. The van der Waals surface area contributed by atoms with E-state index in [9.17, 15) is 48.7 Å². The molecule has 15 nitrogen and oxygen atoms in total. The molecule has 3 heterocycles. The van der Waals surface area contributed by atoms with Gasteiger partial charge in [0.25, 0.3) is 0 Å². The maximum atomic E-state index is 13.4. The Morgan fingerprint density at radius 3 is 2.35 bits per heavy atom. The Labute approximate surface area is 242 Å². The van der Waals surface area contributed by atoms with Crippen LogP contribution in [0.4, 0.5) is 25.8 Å². The molecule has 0 spiro atoms. The van der Waals surface area contributed by atoms with Crippen molar-refractivity contribution in [3.63, 3.8) is 0 Å². The van der Waals surface area contributed by atoms with Gasteiger partial charge >= 0.3 is 17.1 Å². The van der Waals surface area contributed by atoms with Gasteiger partial charge < -0.3 is 10.2 Å². The fraction of sp³-hybridized carbons (Fsp3) is 0.240. The summed E-state index contributed by atoms with van der Waals surface area (Å²) in [5, 5.41) is 37.1. The van der Waals surface area contributed by atoms with E-state index in [1.54, 1.807) is 4.40 Å². The minimum Gasteiger partial charge on any atom is -0.344 e. The molecule has 43 heavy (non-hydrogen) atoms. The number of benzene rings is 2. The minimum absolute atomic E-state index is 0.00627. The highest BCUT2D eigenvalue weighted by Crippen LogP contribution is 2.43. The van der Waals surface area contributed by atoms with Crippen LogP contribution in [0, 0.1) is 42.0 Å². The lowest BCUT2D eigenvalue weighted by Gasteiger charge is -2.29. The lowest BCUT2D eigenvalue weighted by Crippen LogP contribution is -2.48. The number of nitro benzene ring substituents is 3. The number of fused-ring (bicyclic) bond motifs is 3. The summed E-state index contributed by atoms with van der Waals surface area (Å²) in [6.07, 6.45) is 1.47. The largest absolute Gasteiger partial charge is 0.423 e. The van der Waals surface area contributed by atoms with Crippen LogP contribution in [-0.2, 0) is 29.0 Å². The van der Waals surface area contributed by atoms with Gasteiger partial charge in [-0.1, -0.05) is 11.3 Å². The third kappa shape index (κ3) is 5.59. The van der Waals surface area contributed by atoms with Crippen LogP contribution in [0.15, 0.2) is 36.5 Å². The van der Waals surface area contributed by atoms with Crippen LogP contribution < -0.4 is 5.32 Å². The second-order valence-electron chi connectivity index (χ2n) is 9.60. The molecule has 0 radical (unpaired) electrons. The van der Waals surface area contributed by atoms with E-state index < -0.39 is 55.4 Å². The summed E-state index contributed by atoms with van der Waals surface area (Å²) in [6, 6.07) is 3.68. The van der Waals surface area contributed by atoms with E-state index in [1.165, 1.54) is 29.4 Å². The normalized spacial score (nSPS) is 13.4. The van der Waals surface area contributed by atoms with Crippen molar-refractivity contribution in [3.05, 3.63) is 94.6 Å². The third-order valence-corrected chi connectivity index (χ3v) is 7.85. The summed E-state index contributed by atoms with van der Waals surface area (Å²) in [6.45, 7) is 1.92. The first-order valence-corrected chi connectivity index (χ1v) is 13.3. The van der Waals surface area contributed by atoms with Crippen LogP contribution in [0.5, 0.6) is 0 Å². The Morgan fingerprint density at radius 1 is 1.05 bits per heavy atom. The Hall–Kier alpha value is -5.39. The number of thiazole rings is 1. The number of aromatic nitrogens is 2. The molecule has 4 aromatic rings. The van der Waals surface area contributed by atoms with Gasteiger partial charge in [-0.2, -0.15) is 0 Å². The average Bonchev–Trinajstić information content (AvgIpc) is 3.48. The number of imidazole rings is 1. The van der Waals surface area contributed by atoms with Crippen molar-refractivity contribution in [1.82, 2.24) is 19.6 Å². The third-order valence-electron chi connectivity index (χ3n) is 6.77. The second-order valence-corrected chi connectivity index (χ2v) is 10.7. The van der Waals surface area contributed by atoms with E-state index in [4.69, 9.17) is 0 Å². The summed E-state index contributed by atoms with van der Waals surface area (Å²) < 4.78 is 28.5. The van der Waals surface area contributed by atoms with Crippen molar-refractivity contribution >= 4 is 45.2 Å². The van der Waals surface area contributed by atoms with Crippen molar-refractivity contribution in [2.45, 2.75) is 32.4 Å². The zero-order valence-electron chi connectivity index (χ0n) is 22.0. The van der Waals surface area contributed by atoms with Crippen LogP contribution in [0.25, 0.3) is 16.2 Å². The number of carbonyl (C=O) groups excluding carboxylic acids is 2. The quantitative estimate of drug-likeness (QED) is 0.227. The van der Waals surface area contributed by atoms with E-state index >= 15 is 0 Å². The van der Waals surface area contributed by atoms with E-state index in [-0.39, 0.29) is 42.2 Å². The monoisotopic (exact) mass is 615 g/mol. The summed E-state index contributed by atoms with van der Waals surface area (Å²) in [7, 11) is 0. The molecule has 5 rings (SSSR count). The second kappa shape index (κ2) is 11.1. The first-order valence-electron chi connectivity index (χ1n) is 12.5. The number of hydrogen-bond donors (Lipinski definition) is 1. The summed E-state index contributed by atoms with van der Waals surface area (Å²) in [5.41, 5.74) is -2.69. The Morgan fingerprint density at radius 2 is 1.72 bits per heavy atom. The lowest BCUT2D eigenvalue weighted by molar-refractivity contribution is -0.440. The SMILES string of the molecule is C[C@@H](NC(=O)Cc1cc(F)cc(F)c1)C(=O)N1CCc2c(sc3nc(-c4ccc([N+](=O)[O-])c([N+](=O)[O-])c4[N+](=O)[O-])cn23)C1. The summed E-state index contributed by atoms with van der Waals surface area (Å²) in [4.78, 5) is 63.8. The molecule has 0 aliphatic carbocycles. The molecule has 0 fully saturated rings. The Bertz CT molecular complexity index is 1840. The van der Waals surface area contributed by atoms with Crippen LogP contribution in [0.1, 0.15) is 23.1 Å². The Balaban J connectivity index is 1.34. The fourth-order valence-electron chi connectivity index (χ4n) is 4.94. The van der Waals surface area contributed by atoms with E-state index in [0.717, 1.165) is 34.8 Å². The van der Waals surface area contributed by atoms with Crippen LogP contribution in [0.2, 0.25) is 0 Å². The lowest BCUT2D eigenvalue weighted by atomic mass is 10.1. The topological polar surface area (TPSA) is 196 Å². The number of halogens is 2. The van der Waals surface area contributed by atoms with E-state index in [2.05, 4.69) is 10.3 Å². The number of amides is 2. The van der Waals surface area contributed by atoms with Crippen molar-refractivity contribution < 1.29 is 33.1 Å². The molecular formula is C25H19F2N7O8S. The van der Waals surface area contributed by atoms with Crippen molar-refractivity contribution in [3.8, 4) is 11.3 Å². The molecule has 2 amide bonds. The molecule has 1 aliphatic rings. The van der Waals surface area contributed by atoms with E-state index in [0.29, 0.717) is 17.4 Å². The van der Waals surface area contributed by atoms with Gasteiger partial charge in [0.2, 0.25) is 11.8 Å². The molecule has 1 aliphatic heterocycles. The number of nitrogens with zero attached hydrogens (tertiary/aromatic N) is 6. The van der Waals surface area contributed by atoms with Crippen molar-refractivity contribution in [2.75, 3.05) is 6.54 Å². The maximum absolute atomic E-state index is 13.4. The van der Waals surface area contributed by atoms with E-state index in [1.807, 2.05) is 0 Å². The zero-order chi connectivity index (χ0) is 31.2. The van der Waals surface area contributed by atoms with Crippen LogP contribution in [-0.4, -0.2) is 53.5 Å². The Kier molecular flexibility index (Phi) is 7.53. The highest BCUT2D eigenvalue weighted by Gasteiger charge is 2.40. The first kappa shape index (κ1) is 29.1. The number of hydrogen-bond acceptors (Lipinski definition) is 10. The first-order chi connectivity index (χ1) is 20.3. The van der Waals surface area contributed by atoms with Gasteiger partial charge in [0.05, 0.1) is 39.0 Å². The molecule has 0 bridgehead atoms. The van der Waals surface area contributed by atoms with Crippen LogP contribution >= 0.6 is 11.3 Å². The molecule has 1 atom stereocenters. The molecule has 18 heteroatoms. The molecule has 0 unspecified atom stereocenters. The van der Waals surface area contributed by atoms with Gasteiger partial charge in [0.1, 0.15) is 17.7 Å². The average molecular weight is 616 g/mol. The molecule has 0 saturated heterocycles. The zero-order valence-corrected chi connectivity index (χ0v) is 22.8. The predicted octanol–water partition coefficient (Wildman–Crippen LogP) is 3.70.